The Morgan fingerprint density at radius 1 is 1.15 bits per heavy atom. The maximum Gasteiger partial charge on any atom is 0.325 e. The van der Waals surface area contributed by atoms with Gasteiger partial charge in [-0.25, -0.2) is 9.78 Å². The van der Waals surface area contributed by atoms with Crippen LogP contribution in [0.5, 0.6) is 0 Å². The highest BCUT2D eigenvalue weighted by Crippen LogP contribution is 2.31. The van der Waals surface area contributed by atoms with E-state index < -0.39 is 17.5 Å². The van der Waals surface area contributed by atoms with Crippen LogP contribution in [0, 0.1) is 13.8 Å². The number of aromatic nitrogens is 2. The Labute approximate surface area is 197 Å². The van der Waals surface area contributed by atoms with Crippen molar-refractivity contribution in [1.82, 2.24) is 19.8 Å². The number of ketones is 1. The van der Waals surface area contributed by atoms with E-state index in [-0.39, 0.29) is 17.7 Å². The van der Waals surface area contributed by atoms with Crippen molar-refractivity contribution in [3.05, 3.63) is 70.0 Å². The molecule has 1 fully saturated rings. The van der Waals surface area contributed by atoms with E-state index in [1.165, 1.54) is 11.3 Å². The number of nitrogens with one attached hydrogen (secondary N) is 1. The minimum Gasteiger partial charge on any atom is -0.319 e. The smallest absolute Gasteiger partial charge is 0.319 e. The van der Waals surface area contributed by atoms with Crippen LogP contribution in [0.15, 0.2) is 41.9 Å². The molecule has 172 valence electrons. The predicted molar refractivity (Wildman–Crippen MR) is 128 cm³/mol. The third-order valence-electron chi connectivity index (χ3n) is 6.25. The molecular formula is C25H28N4O3S. The number of hydrogen-bond acceptors (Lipinski definition) is 5. The van der Waals surface area contributed by atoms with Gasteiger partial charge in [-0.15, -0.1) is 11.3 Å². The summed E-state index contributed by atoms with van der Waals surface area (Å²) < 4.78 is 1.91. The first-order valence-corrected chi connectivity index (χ1v) is 11.7. The van der Waals surface area contributed by atoms with Gasteiger partial charge in [-0.2, -0.15) is 0 Å². The van der Waals surface area contributed by atoms with Crippen LogP contribution in [0.4, 0.5) is 4.79 Å². The second kappa shape index (κ2) is 7.95. The van der Waals surface area contributed by atoms with E-state index >= 15 is 0 Å². The minimum absolute atomic E-state index is 0.0220. The van der Waals surface area contributed by atoms with Crippen LogP contribution in [-0.4, -0.2) is 38.7 Å². The molecule has 1 N–H and O–H groups in total. The monoisotopic (exact) mass is 464 g/mol. The van der Waals surface area contributed by atoms with E-state index in [0.29, 0.717) is 11.1 Å². The summed E-state index contributed by atoms with van der Waals surface area (Å²) in [7, 11) is 0. The quantitative estimate of drug-likeness (QED) is 0.445. The fraction of sp³-hybridized carbons (Fsp3) is 0.360. The number of Topliss-reactive ketones (excluding diaryl/α,β-unsaturated/α-hetero) is 1. The first-order chi connectivity index (χ1) is 15.4. The standard InChI is InChI=1S/C25H28N4O3S/c1-15-13-19(16(2)29(15)23-26-11-12-33-23)20(30)14-28-21(31)25(6,27-22(28)32)18-9-7-17(8-10-18)24(3,4)5/h7-13H,14H2,1-6H3,(H,27,32). The summed E-state index contributed by atoms with van der Waals surface area (Å²) in [6, 6.07) is 8.90. The van der Waals surface area contributed by atoms with Gasteiger partial charge in [0.1, 0.15) is 5.54 Å². The topological polar surface area (TPSA) is 84.3 Å². The van der Waals surface area contributed by atoms with Crippen molar-refractivity contribution < 1.29 is 14.4 Å². The highest BCUT2D eigenvalue weighted by molar-refractivity contribution is 7.12. The SMILES string of the molecule is Cc1cc(C(=O)CN2C(=O)NC(C)(c3ccc(C(C)(C)C)cc3)C2=O)c(C)n1-c1nccs1. The molecule has 4 rings (SSSR count). The van der Waals surface area contributed by atoms with Crippen LogP contribution in [0.1, 0.15) is 60.6 Å². The number of benzene rings is 1. The van der Waals surface area contributed by atoms with Crippen molar-refractivity contribution in [3.8, 4) is 5.13 Å². The normalized spacial score (nSPS) is 18.7. The fourth-order valence-corrected chi connectivity index (χ4v) is 4.99. The summed E-state index contributed by atoms with van der Waals surface area (Å²) in [5.74, 6) is -0.722. The Kier molecular flexibility index (Phi) is 5.52. The van der Waals surface area contributed by atoms with Crippen LogP contribution in [0.2, 0.25) is 0 Å². The predicted octanol–water partition coefficient (Wildman–Crippen LogP) is 4.50. The van der Waals surface area contributed by atoms with Crippen LogP contribution in [0.3, 0.4) is 0 Å². The van der Waals surface area contributed by atoms with Crippen LogP contribution < -0.4 is 5.32 Å². The molecule has 1 aromatic carbocycles. The molecule has 0 spiro atoms. The molecule has 0 aliphatic carbocycles. The van der Waals surface area contributed by atoms with Gasteiger partial charge in [-0.1, -0.05) is 45.0 Å². The molecule has 1 atom stereocenters. The van der Waals surface area contributed by atoms with Gasteiger partial charge < -0.3 is 5.32 Å². The van der Waals surface area contributed by atoms with Gasteiger partial charge >= 0.3 is 6.03 Å². The number of urea groups is 1. The number of amides is 3. The molecule has 0 radical (unpaired) electrons. The molecule has 0 saturated carbocycles. The molecule has 1 saturated heterocycles. The first kappa shape index (κ1) is 22.9. The van der Waals surface area contributed by atoms with Crippen molar-refractivity contribution in [2.75, 3.05) is 6.54 Å². The maximum atomic E-state index is 13.3. The van der Waals surface area contributed by atoms with Crippen molar-refractivity contribution in [2.45, 2.75) is 52.5 Å². The Bertz CT molecular complexity index is 1240. The molecule has 33 heavy (non-hydrogen) atoms. The van der Waals surface area contributed by atoms with E-state index in [9.17, 15) is 14.4 Å². The lowest BCUT2D eigenvalue weighted by Gasteiger charge is -2.24. The lowest BCUT2D eigenvalue weighted by Crippen LogP contribution is -2.41. The van der Waals surface area contributed by atoms with Gasteiger partial charge in [-0.3, -0.25) is 19.1 Å². The molecule has 7 nitrogen and oxygen atoms in total. The summed E-state index contributed by atoms with van der Waals surface area (Å²) >= 11 is 1.47. The van der Waals surface area contributed by atoms with E-state index in [1.807, 2.05) is 48.1 Å². The second-order valence-electron chi connectivity index (χ2n) is 9.63. The highest BCUT2D eigenvalue weighted by Gasteiger charge is 2.49. The van der Waals surface area contributed by atoms with E-state index in [0.717, 1.165) is 27.0 Å². The number of carbonyl (C=O) groups is 3. The fourth-order valence-electron chi connectivity index (χ4n) is 4.23. The van der Waals surface area contributed by atoms with Gasteiger partial charge in [0.05, 0.1) is 6.54 Å². The summed E-state index contributed by atoms with van der Waals surface area (Å²) in [6.45, 7) is 11.5. The average molecular weight is 465 g/mol. The number of carbonyl (C=O) groups excluding carboxylic acids is 3. The number of thiazole rings is 1. The largest absolute Gasteiger partial charge is 0.325 e. The number of hydrogen-bond donors (Lipinski definition) is 1. The average Bonchev–Trinajstić information content (AvgIpc) is 3.42. The van der Waals surface area contributed by atoms with Crippen molar-refractivity contribution in [3.63, 3.8) is 0 Å². The molecule has 1 unspecified atom stereocenters. The summed E-state index contributed by atoms with van der Waals surface area (Å²) in [6.07, 6.45) is 1.71. The number of nitrogens with zero attached hydrogens (tertiary/aromatic N) is 3. The third-order valence-corrected chi connectivity index (χ3v) is 7.00. The third kappa shape index (κ3) is 3.88. The molecule has 3 heterocycles. The number of aryl methyl sites for hydroxylation is 1. The zero-order valence-corrected chi connectivity index (χ0v) is 20.5. The Balaban J connectivity index is 1.58. The molecular weight excluding hydrogens is 436 g/mol. The summed E-state index contributed by atoms with van der Waals surface area (Å²) in [4.78, 5) is 44.5. The molecule has 3 aromatic rings. The molecule has 2 aromatic heterocycles. The molecule has 3 amide bonds. The van der Waals surface area contributed by atoms with Crippen LogP contribution >= 0.6 is 11.3 Å². The zero-order valence-electron chi connectivity index (χ0n) is 19.7. The van der Waals surface area contributed by atoms with Gasteiger partial charge in [-0.05, 0) is 43.4 Å². The lowest BCUT2D eigenvalue weighted by molar-refractivity contribution is -0.130. The summed E-state index contributed by atoms with van der Waals surface area (Å²) in [5.41, 5.74) is 2.66. The number of imide groups is 1. The summed E-state index contributed by atoms with van der Waals surface area (Å²) in [5, 5.41) is 5.43. The molecule has 0 bridgehead atoms. The van der Waals surface area contributed by atoms with Gasteiger partial charge in [0.15, 0.2) is 10.9 Å². The van der Waals surface area contributed by atoms with Crippen molar-refractivity contribution in [1.29, 1.82) is 0 Å². The van der Waals surface area contributed by atoms with Crippen molar-refractivity contribution >= 4 is 29.1 Å². The molecule has 1 aliphatic heterocycles. The molecule has 1 aliphatic rings. The van der Waals surface area contributed by atoms with Gasteiger partial charge in [0, 0.05) is 28.5 Å². The second-order valence-corrected chi connectivity index (χ2v) is 10.5. The van der Waals surface area contributed by atoms with Gasteiger partial charge in [0.25, 0.3) is 5.91 Å². The maximum absolute atomic E-state index is 13.3. The van der Waals surface area contributed by atoms with E-state index in [2.05, 4.69) is 31.1 Å². The van der Waals surface area contributed by atoms with E-state index in [4.69, 9.17) is 0 Å². The Morgan fingerprint density at radius 3 is 2.39 bits per heavy atom. The highest BCUT2D eigenvalue weighted by atomic mass is 32.1. The lowest BCUT2D eigenvalue weighted by atomic mass is 9.84. The van der Waals surface area contributed by atoms with Crippen LogP contribution in [-0.2, 0) is 15.7 Å². The van der Waals surface area contributed by atoms with E-state index in [1.54, 1.807) is 19.2 Å². The molecule has 8 heteroatoms. The van der Waals surface area contributed by atoms with Crippen molar-refractivity contribution in [2.24, 2.45) is 0 Å². The Hall–Kier alpha value is -3.26. The number of rotatable bonds is 5. The Morgan fingerprint density at radius 2 is 1.82 bits per heavy atom. The van der Waals surface area contributed by atoms with Crippen LogP contribution in [0.25, 0.3) is 5.13 Å². The van der Waals surface area contributed by atoms with Gasteiger partial charge in [0.2, 0.25) is 0 Å². The zero-order chi connectivity index (χ0) is 24.1. The minimum atomic E-state index is -1.22. The first-order valence-electron chi connectivity index (χ1n) is 10.8.